The predicted molar refractivity (Wildman–Crippen MR) is 84.8 cm³/mol. The lowest BCUT2D eigenvalue weighted by Gasteiger charge is -2.34. The van der Waals surface area contributed by atoms with Crippen LogP contribution in [0.25, 0.3) is 0 Å². The van der Waals surface area contributed by atoms with Gasteiger partial charge in [0.05, 0.1) is 18.6 Å². The number of methoxy groups -OCH3 is 2. The zero-order chi connectivity index (χ0) is 16.2. The van der Waals surface area contributed by atoms with Gasteiger partial charge in [0.15, 0.2) is 0 Å². The van der Waals surface area contributed by atoms with E-state index in [-0.39, 0.29) is 0 Å². The van der Waals surface area contributed by atoms with Crippen LogP contribution in [0.5, 0.6) is 5.75 Å². The van der Waals surface area contributed by atoms with E-state index in [2.05, 4.69) is 4.90 Å². The predicted octanol–water partition coefficient (Wildman–Crippen LogP) is 0.956. The van der Waals surface area contributed by atoms with Crippen molar-refractivity contribution in [3.05, 3.63) is 23.8 Å². The number of rotatable bonds is 6. The second-order valence-electron chi connectivity index (χ2n) is 5.37. The molecule has 0 amide bonds. The van der Waals surface area contributed by atoms with Gasteiger partial charge in [0.1, 0.15) is 5.75 Å². The van der Waals surface area contributed by atoms with Crippen LogP contribution in [-0.2, 0) is 14.8 Å². The molecule has 1 aliphatic rings. The van der Waals surface area contributed by atoms with Crippen LogP contribution in [0.2, 0.25) is 0 Å². The van der Waals surface area contributed by atoms with Crippen molar-refractivity contribution in [3.63, 3.8) is 0 Å². The number of nitrogens with zero attached hydrogens (tertiary/aromatic N) is 2. The lowest BCUT2D eigenvalue weighted by molar-refractivity contribution is 0.123. The summed E-state index contributed by atoms with van der Waals surface area (Å²) in [5.41, 5.74) is 0.709. The van der Waals surface area contributed by atoms with E-state index in [1.54, 1.807) is 43.6 Å². The first-order valence-electron chi connectivity index (χ1n) is 7.35. The Kier molecular flexibility index (Phi) is 5.80. The molecule has 7 heteroatoms. The van der Waals surface area contributed by atoms with Crippen molar-refractivity contribution in [2.24, 2.45) is 0 Å². The topological polar surface area (TPSA) is 59.1 Å². The zero-order valence-electron chi connectivity index (χ0n) is 13.4. The van der Waals surface area contributed by atoms with Gasteiger partial charge in [0.2, 0.25) is 10.0 Å². The van der Waals surface area contributed by atoms with Gasteiger partial charge in [-0.15, -0.1) is 0 Å². The molecule has 0 aromatic heterocycles. The standard InChI is InChI=1S/C15H24N2O4S/c1-13-12-14(21-3)4-5-15(13)22(18,19)17-8-6-16(7-9-17)10-11-20-2/h4-5,12H,6-11H2,1-3H3. The summed E-state index contributed by atoms with van der Waals surface area (Å²) >= 11 is 0. The molecule has 0 unspecified atom stereocenters. The van der Waals surface area contributed by atoms with Gasteiger partial charge in [-0.2, -0.15) is 4.31 Å². The van der Waals surface area contributed by atoms with E-state index in [4.69, 9.17) is 9.47 Å². The van der Waals surface area contributed by atoms with Gasteiger partial charge in [0, 0.05) is 39.8 Å². The molecular weight excluding hydrogens is 304 g/mol. The number of sulfonamides is 1. The van der Waals surface area contributed by atoms with Gasteiger partial charge in [-0.1, -0.05) is 0 Å². The molecular formula is C15H24N2O4S. The van der Waals surface area contributed by atoms with Crippen molar-refractivity contribution in [3.8, 4) is 5.75 Å². The molecule has 0 radical (unpaired) electrons. The summed E-state index contributed by atoms with van der Waals surface area (Å²) in [4.78, 5) is 2.58. The SMILES string of the molecule is COCCN1CCN(S(=O)(=O)c2ccc(OC)cc2C)CC1. The molecule has 1 aromatic rings. The molecule has 0 N–H and O–H groups in total. The van der Waals surface area contributed by atoms with Gasteiger partial charge in [-0.05, 0) is 30.7 Å². The van der Waals surface area contributed by atoms with E-state index in [0.717, 1.165) is 19.6 Å². The van der Waals surface area contributed by atoms with E-state index in [9.17, 15) is 8.42 Å². The molecule has 6 nitrogen and oxygen atoms in total. The normalized spacial score (nSPS) is 17.6. The highest BCUT2D eigenvalue weighted by atomic mass is 32.2. The first kappa shape index (κ1) is 17.2. The molecule has 2 rings (SSSR count). The second kappa shape index (κ2) is 7.41. The molecule has 0 bridgehead atoms. The van der Waals surface area contributed by atoms with Crippen molar-refractivity contribution < 1.29 is 17.9 Å². The third kappa shape index (κ3) is 3.78. The Bertz CT molecular complexity index is 596. The fourth-order valence-corrected chi connectivity index (χ4v) is 4.22. The van der Waals surface area contributed by atoms with Crippen LogP contribution < -0.4 is 4.74 Å². The highest BCUT2D eigenvalue weighted by molar-refractivity contribution is 7.89. The number of benzene rings is 1. The number of aryl methyl sites for hydroxylation is 1. The Hall–Kier alpha value is -1.15. The van der Waals surface area contributed by atoms with Crippen LogP contribution in [-0.4, -0.2) is 71.2 Å². The summed E-state index contributed by atoms with van der Waals surface area (Å²) in [5, 5.41) is 0. The lowest BCUT2D eigenvalue weighted by atomic mass is 10.2. The maximum absolute atomic E-state index is 12.8. The molecule has 0 saturated carbocycles. The molecule has 1 aromatic carbocycles. The van der Waals surface area contributed by atoms with Crippen molar-refractivity contribution in [2.45, 2.75) is 11.8 Å². The van der Waals surface area contributed by atoms with Crippen LogP contribution >= 0.6 is 0 Å². The summed E-state index contributed by atoms with van der Waals surface area (Å²) in [6.45, 7) is 5.80. The van der Waals surface area contributed by atoms with Crippen molar-refractivity contribution >= 4 is 10.0 Å². The molecule has 1 fully saturated rings. The van der Waals surface area contributed by atoms with E-state index in [1.165, 1.54) is 0 Å². The first-order chi connectivity index (χ1) is 10.5. The van der Waals surface area contributed by atoms with Crippen LogP contribution in [0.15, 0.2) is 23.1 Å². The Morgan fingerprint density at radius 3 is 2.36 bits per heavy atom. The highest BCUT2D eigenvalue weighted by Crippen LogP contribution is 2.24. The van der Waals surface area contributed by atoms with Gasteiger partial charge < -0.3 is 9.47 Å². The van der Waals surface area contributed by atoms with Crippen molar-refractivity contribution in [1.82, 2.24) is 9.21 Å². The number of hydrogen-bond acceptors (Lipinski definition) is 5. The summed E-state index contributed by atoms with van der Waals surface area (Å²) in [5.74, 6) is 0.667. The third-order valence-corrected chi connectivity index (χ3v) is 6.00. The van der Waals surface area contributed by atoms with Crippen LogP contribution in [0.3, 0.4) is 0 Å². The first-order valence-corrected chi connectivity index (χ1v) is 8.79. The second-order valence-corrected chi connectivity index (χ2v) is 7.28. The molecule has 0 aliphatic carbocycles. The van der Waals surface area contributed by atoms with Crippen LogP contribution in [0.4, 0.5) is 0 Å². The fraction of sp³-hybridized carbons (Fsp3) is 0.600. The maximum atomic E-state index is 12.8. The largest absolute Gasteiger partial charge is 0.497 e. The average molecular weight is 328 g/mol. The zero-order valence-corrected chi connectivity index (χ0v) is 14.2. The number of piperazine rings is 1. The lowest BCUT2D eigenvalue weighted by Crippen LogP contribution is -2.49. The number of ether oxygens (including phenoxy) is 2. The van der Waals surface area contributed by atoms with Gasteiger partial charge in [-0.25, -0.2) is 8.42 Å². The van der Waals surface area contributed by atoms with Crippen molar-refractivity contribution in [1.29, 1.82) is 0 Å². The minimum Gasteiger partial charge on any atom is -0.497 e. The van der Waals surface area contributed by atoms with Crippen LogP contribution in [0.1, 0.15) is 5.56 Å². The van der Waals surface area contributed by atoms with E-state index in [1.807, 2.05) is 0 Å². The average Bonchev–Trinajstić information content (AvgIpc) is 2.52. The van der Waals surface area contributed by atoms with Crippen LogP contribution in [0, 0.1) is 6.92 Å². The Labute approximate surface area is 132 Å². The van der Waals surface area contributed by atoms with E-state index < -0.39 is 10.0 Å². The molecule has 124 valence electrons. The summed E-state index contributed by atoms with van der Waals surface area (Å²) in [6.07, 6.45) is 0. The Morgan fingerprint density at radius 2 is 1.82 bits per heavy atom. The maximum Gasteiger partial charge on any atom is 0.243 e. The van der Waals surface area contributed by atoms with Crippen molar-refractivity contribution in [2.75, 3.05) is 53.6 Å². The Morgan fingerprint density at radius 1 is 1.14 bits per heavy atom. The quantitative estimate of drug-likeness (QED) is 0.778. The highest BCUT2D eigenvalue weighted by Gasteiger charge is 2.29. The molecule has 1 heterocycles. The number of hydrogen-bond donors (Lipinski definition) is 0. The monoisotopic (exact) mass is 328 g/mol. The van der Waals surface area contributed by atoms with Gasteiger partial charge in [-0.3, -0.25) is 4.90 Å². The fourth-order valence-electron chi connectivity index (χ4n) is 2.59. The summed E-state index contributed by atoms with van der Waals surface area (Å²) in [7, 11) is -0.196. The molecule has 0 atom stereocenters. The van der Waals surface area contributed by atoms with E-state index in [0.29, 0.717) is 35.9 Å². The molecule has 1 aliphatic heterocycles. The molecule has 22 heavy (non-hydrogen) atoms. The smallest absolute Gasteiger partial charge is 0.243 e. The summed E-state index contributed by atoms with van der Waals surface area (Å²) < 4.78 is 37.3. The van der Waals surface area contributed by atoms with Gasteiger partial charge >= 0.3 is 0 Å². The van der Waals surface area contributed by atoms with Gasteiger partial charge in [0.25, 0.3) is 0 Å². The minimum atomic E-state index is -3.44. The van der Waals surface area contributed by atoms with E-state index >= 15 is 0 Å². The summed E-state index contributed by atoms with van der Waals surface area (Å²) in [6, 6.07) is 5.07. The molecule has 0 spiro atoms. The Balaban J connectivity index is 2.08. The third-order valence-electron chi connectivity index (χ3n) is 3.94. The minimum absolute atomic E-state index is 0.360. The molecule has 1 saturated heterocycles.